The lowest BCUT2D eigenvalue weighted by atomic mass is 9.42. The van der Waals surface area contributed by atoms with E-state index in [0.29, 0.717) is 18.8 Å². The van der Waals surface area contributed by atoms with Gasteiger partial charge >= 0.3 is 0 Å². The maximum atomic E-state index is 12.0. The first-order valence-corrected chi connectivity index (χ1v) is 14.4. The topological polar surface area (TPSA) is 99.4 Å². The van der Waals surface area contributed by atoms with Gasteiger partial charge in [-0.25, -0.2) is 0 Å². The van der Waals surface area contributed by atoms with Crippen molar-refractivity contribution in [3.8, 4) is 0 Å². The van der Waals surface area contributed by atoms with Crippen LogP contribution in [0.15, 0.2) is 11.1 Å². The molecule has 12 atom stereocenters. The molecule has 1 spiro atoms. The van der Waals surface area contributed by atoms with E-state index in [1.165, 1.54) is 11.1 Å². The van der Waals surface area contributed by atoms with Gasteiger partial charge in [0.2, 0.25) is 0 Å². The van der Waals surface area contributed by atoms with E-state index in [4.69, 9.17) is 9.47 Å². The fourth-order valence-corrected chi connectivity index (χ4v) is 10.9. The van der Waals surface area contributed by atoms with Crippen LogP contribution in [0.4, 0.5) is 0 Å². The number of aliphatic hydroxyl groups excluding tert-OH is 3. The molecule has 4 aliphatic carbocycles. The molecule has 6 rings (SSSR count). The number of aliphatic hydroxyl groups is 4. The first-order chi connectivity index (χ1) is 16.5. The first-order valence-electron chi connectivity index (χ1n) is 14.4. The summed E-state index contributed by atoms with van der Waals surface area (Å²) in [5.74, 6) is -0.459. The van der Waals surface area contributed by atoms with E-state index in [0.717, 1.165) is 32.1 Å². The lowest BCUT2D eigenvalue weighted by molar-refractivity contribution is -0.314. The van der Waals surface area contributed by atoms with E-state index < -0.39 is 23.6 Å². The maximum absolute atomic E-state index is 12.0. The average Bonchev–Trinajstić information content (AvgIpc) is 3.15. The molecule has 2 aliphatic heterocycles. The normalized spacial score (nSPS) is 59.9. The molecular weight excluding hydrogens is 456 g/mol. The molecule has 2 heterocycles. The lowest BCUT2D eigenvalue weighted by Crippen LogP contribution is -2.61. The molecule has 36 heavy (non-hydrogen) atoms. The molecular formula is C30H48O6. The van der Waals surface area contributed by atoms with Gasteiger partial charge in [0.1, 0.15) is 11.7 Å². The van der Waals surface area contributed by atoms with Crippen molar-refractivity contribution < 1.29 is 29.9 Å². The van der Waals surface area contributed by atoms with E-state index in [1.807, 2.05) is 0 Å². The monoisotopic (exact) mass is 504 g/mol. The van der Waals surface area contributed by atoms with Crippen molar-refractivity contribution in [2.45, 2.75) is 129 Å². The number of rotatable bonds is 0. The third kappa shape index (κ3) is 2.85. The summed E-state index contributed by atoms with van der Waals surface area (Å²) >= 11 is 0. The Labute approximate surface area is 216 Å². The average molecular weight is 505 g/mol. The Kier molecular flexibility index (Phi) is 5.27. The summed E-state index contributed by atoms with van der Waals surface area (Å²) in [6.07, 6.45) is 3.88. The van der Waals surface area contributed by atoms with Gasteiger partial charge in [0, 0.05) is 11.8 Å². The summed E-state index contributed by atoms with van der Waals surface area (Å²) in [5, 5.41) is 44.6. The summed E-state index contributed by atoms with van der Waals surface area (Å²) < 4.78 is 12.7. The number of fused-ring (bicyclic) bond motifs is 6. The minimum atomic E-state index is -1.33. The Morgan fingerprint density at radius 2 is 1.58 bits per heavy atom. The van der Waals surface area contributed by atoms with Crippen LogP contribution in [0.25, 0.3) is 0 Å². The van der Waals surface area contributed by atoms with E-state index in [9.17, 15) is 20.4 Å². The zero-order valence-electron chi connectivity index (χ0n) is 23.3. The van der Waals surface area contributed by atoms with Crippen LogP contribution >= 0.6 is 0 Å². The van der Waals surface area contributed by atoms with Crippen molar-refractivity contribution in [1.82, 2.24) is 0 Å². The second-order valence-corrected chi connectivity index (χ2v) is 15.1. The smallest absolute Gasteiger partial charge is 0.198 e. The Balaban J connectivity index is 1.42. The van der Waals surface area contributed by atoms with Crippen molar-refractivity contribution in [2.24, 2.45) is 39.4 Å². The van der Waals surface area contributed by atoms with Crippen LogP contribution in [0.2, 0.25) is 0 Å². The van der Waals surface area contributed by atoms with Gasteiger partial charge in [-0.3, -0.25) is 0 Å². The van der Waals surface area contributed by atoms with Gasteiger partial charge in [-0.15, -0.1) is 0 Å². The summed E-state index contributed by atoms with van der Waals surface area (Å²) in [5.41, 5.74) is 0.955. The molecule has 0 radical (unpaired) electrons. The fraction of sp³-hybridized carbons (Fsp3) is 0.933. The van der Waals surface area contributed by atoms with Crippen LogP contribution in [0, 0.1) is 39.4 Å². The van der Waals surface area contributed by atoms with Crippen LogP contribution < -0.4 is 0 Å². The van der Waals surface area contributed by atoms with E-state index in [1.54, 1.807) is 6.92 Å². The molecule has 1 unspecified atom stereocenters. The van der Waals surface area contributed by atoms with E-state index in [2.05, 4.69) is 41.5 Å². The van der Waals surface area contributed by atoms with Crippen molar-refractivity contribution in [1.29, 1.82) is 0 Å². The molecule has 0 bridgehead atoms. The van der Waals surface area contributed by atoms with Crippen molar-refractivity contribution in [2.75, 3.05) is 6.61 Å². The zero-order valence-corrected chi connectivity index (χ0v) is 23.3. The van der Waals surface area contributed by atoms with Crippen LogP contribution in [0.5, 0.6) is 0 Å². The minimum absolute atomic E-state index is 0.00739. The predicted molar refractivity (Wildman–Crippen MR) is 136 cm³/mol. The summed E-state index contributed by atoms with van der Waals surface area (Å²) in [6.45, 7) is 15.4. The number of hydrogen-bond donors (Lipinski definition) is 4. The van der Waals surface area contributed by atoms with Gasteiger partial charge in [-0.05, 0) is 79.4 Å². The van der Waals surface area contributed by atoms with Gasteiger partial charge < -0.3 is 29.9 Å². The molecule has 6 aliphatic rings. The second kappa shape index (κ2) is 7.37. The van der Waals surface area contributed by atoms with Gasteiger partial charge in [0.25, 0.3) is 0 Å². The molecule has 0 aromatic rings. The Morgan fingerprint density at radius 3 is 2.22 bits per heavy atom. The molecule has 0 aromatic carbocycles. The van der Waals surface area contributed by atoms with E-state index in [-0.39, 0.29) is 52.3 Å². The van der Waals surface area contributed by atoms with Gasteiger partial charge in [-0.2, -0.15) is 0 Å². The molecule has 6 heteroatoms. The molecule has 4 fully saturated rings. The van der Waals surface area contributed by atoms with Crippen LogP contribution in [-0.2, 0) is 9.47 Å². The summed E-state index contributed by atoms with van der Waals surface area (Å²) in [7, 11) is 0. The highest BCUT2D eigenvalue weighted by Gasteiger charge is 2.73. The number of hydrogen-bond acceptors (Lipinski definition) is 6. The lowest BCUT2D eigenvalue weighted by Gasteiger charge is -2.63. The van der Waals surface area contributed by atoms with Crippen LogP contribution in [0.3, 0.4) is 0 Å². The quantitative estimate of drug-likeness (QED) is 0.373. The Morgan fingerprint density at radius 1 is 0.889 bits per heavy atom. The molecule has 204 valence electrons. The largest absolute Gasteiger partial charge is 0.393 e. The van der Waals surface area contributed by atoms with Crippen LogP contribution in [-0.4, -0.2) is 62.8 Å². The van der Waals surface area contributed by atoms with Gasteiger partial charge in [0.05, 0.1) is 24.9 Å². The van der Waals surface area contributed by atoms with Crippen molar-refractivity contribution in [3.63, 3.8) is 0 Å². The molecule has 0 aromatic heterocycles. The van der Waals surface area contributed by atoms with Crippen molar-refractivity contribution in [3.05, 3.63) is 11.1 Å². The maximum Gasteiger partial charge on any atom is 0.198 e. The second-order valence-electron chi connectivity index (χ2n) is 15.1. The fourth-order valence-electron chi connectivity index (χ4n) is 10.9. The Bertz CT molecular complexity index is 988. The highest BCUT2D eigenvalue weighted by Crippen LogP contribution is 2.74. The third-order valence-electron chi connectivity index (χ3n) is 13.0. The molecule has 6 nitrogen and oxygen atoms in total. The molecule has 0 amide bonds. The highest BCUT2D eigenvalue weighted by molar-refractivity contribution is 5.41. The Hall–Kier alpha value is -0.500. The molecule has 2 saturated heterocycles. The van der Waals surface area contributed by atoms with Gasteiger partial charge in [-0.1, -0.05) is 52.7 Å². The standard InChI is InChI=1S/C30H48O6/c1-16-13-30(24(33)28(6,34)15-35-30)36-19-14-27(5)17-8-9-20-25(2,3)21(31)10-11-26(20,4)18(17)12-22(32)29(27,7)23(16)19/h16,19-24,31-34H,8-15H2,1-7H3/t16-,19+,20?,21+,22-,23-,24+,26-,27+,28+,29-,30-/m1/s1. The number of allylic oxidation sites excluding steroid dienone is 1. The predicted octanol–water partition coefficient (Wildman–Crippen LogP) is 3.94. The number of ether oxygens (including phenoxy) is 2. The summed E-state index contributed by atoms with van der Waals surface area (Å²) in [4.78, 5) is 0. The van der Waals surface area contributed by atoms with Gasteiger partial charge in [0.15, 0.2) is 5.79 Å². The first kappa shape index (κ1) is 25.8. The molecule has 4 N–H and O–H groups in total. The zero-order chi connectivity index (χ0) is 26.3. The SMILES string of the molecule is C[C@@H]1C[C@@]2(OC[C@](C)(O)[C@@H]2O)O[C@H]2C[C@@]3(C)C4=C(C[C@@H](O)[C@]3(C)[C@H]12)[C@@]1(C)CC[C@H](O)C(C)(C)C1CC4. The van der Waals surface area contributed by atoms with Crippen molar-refractivity contribution >= 4 is 0 Å². The van der Waals surface area contributed by atoms with E-state index >= 15 is 0 Å². The highest BCUT2D eigenvalue weighted by atomic mass is 16.7. The minimum Gasteiger partial charge on any atom is -0.393 e. The molecule has 2 saturated carbocycles. The van der Waals surface area contributed by atoms with Crippen LogP contribution in [0.1, 0.15) is 93.4 Å². The summed E-state index contributed by atoms with van der Waals surface area (Å²) in [6, 6.07) is 0. The third-order valence-corrected chi connectivity index (χ3v) is 13.0.